The van der Waals surface area contributed by atoms with Gasteiger partial charge in [-0.2, -0.15) is 0 Å². The van der Waals surface area contributed by atoms with Crippen molar-refractivity contribution in [3.05, 3.63) is 27.8 Å². The summed E-state index contributed by atoms with van der Waals surface area (Å²) in [6.45, 7) is 8.69. The minimum atomic E-state index is 0.327. The van der Waals surface area contributed by atoms with E-state index in [1.807, 2.05) is 0 Å². The lowest BCUT2D eigenvalue weighted by Gasteiger charge is -2.22. The number of hydrogen-bond donors (Lipinski definition) is 1. The molecule has 0 bridgehead atoms. The number of aliphatic hydroxyl groups excluding tert-OH is 1. The molecule has 0 atom stereocenters. The number of ether oxygens (including phenoxy) is 3. The van der Waals surface area contributed by atoms with E-state index in [0.29, 0.717) is 19.8 Å². The minimum absolute atomic E-state index is 0.327. The summed E-state index contributed by atoms with van der Waals surface area (Å²) in [7, 11) is 3.47. The van der Waals surface area contributed by atoms with Crippen LogP contribution in [0.1, 0.15) is 79.2 Å². The molecule has 0 saturated carbocycles. The van der Waals surface area contributed by atoms with Crippen LogP contribution in [0.2, 0.25) is 0 Å². The fourth-order valence-electron chi connectivity index (χ4n) is 3.69. The Morgan fingerprint density at radius 3 is 1.52 bits per heavy atom. The Morgan fingerprint density at radius 2 is 1.07 bits per heavy atom. The molecule has 0 spiro atoms. The third-order valence-corrected chi connectivity index (χ3v) is 5.37. The van der Waals surface area contributed by atoms with Gasteiger partial charge < -0.3 is 19.3 Å². The van der Waals surface area contributed by atoms with Gasteiger partial charge >= 0.3 is 0 Å². The molecule has 0 saturated heterocycles. The first-order valence-electron chi connectivity index (χ1n) is 10.4. The van der Waals surface area contributed by atoms with E-state index in [0.717, 1.165) is 31.6 Å². The van der Waals surface area contributed by atoms with Crippen molar-refractivity contribution in [1.29, 1.82) is 0 Å². The van der Waals surface area contributed by atoms with E-state index in [1.54, 1.807) is 14.2 Å². The molecule has 0 heterocycles. The van der Waals surface area contributed by atoms with Gasteiger partial charge in [0.25, 0.3) is 0 Å². The highest BCUT2D eigenvalue weighted by Crippen LogP contribution is 2.34. The van der Waals surface area contributed by atoms with Gasteiger partial charge in [-0.1, -0.05) is 38.5 Å². The van der Waals surface area contributed by atoms with Gasteiger partial charge in [0, 0.05) is 20.8 Å². The van der Waals surface area contributed by atoms with E-state index < -0.39 is 0 Å². The van der Waals surface area contributed by atoms with Gasteiger partial charge in [0.2, 0.25) is 0 Å². The maximum absolute atomic E-state index is 8.78. The highest BCUT2D eigenvalue weighted by molar-refractivity contribution is 5.54. The van der Waals surface area contributed by atoms with Crippen LogP contribution in [-0.2, 0) is 22.7 Å². The summed E-state index contributed by atoms with van der Waals surface area (Å²) < 4.78 is 17.0. The lowest BCUT2D eigenvalue weighted by Crippen LogP contribution is -2.09. The SMILES string of the molecule is COCc1c(C)c(COC)c(C)c(OCCCCCCCCCCO)c1C. The monoisotopic (exact) mass is 380 g/mol. The first-order chi connectivity index (χ1) is 13.1. The molecule has 1 aromatic carbocycles. The zero-order chi connectivity index (χ0) is 20.1. The van der Waals surface area contributed by atoms with Gasteiger partial charge in [0.15, 0.2) is 0 Å². The number of rotatable bonds is 15. The third-order valence-electron chi connectivity index (χ3n) is 5.37. The van der Waals surface area contributed by atoms with Gasteiger partial charge in [0.1, 0.15) is 5.75 Å². The van der Waals surface area contributed by atoms with Crippen molar-refractivity contribution in [3.8, 4) is 5.75 Å². The number of aliphatic hydroxyl groups is 1. The van der Waals surface area contributed by atoms with Gasteiger partial charge in [-0.15, -0.1) is 0 Å². The molecule has 0 radical (unpaired) electrons. The number of benzene rings is 1. The van der Waals surface area contributed by atoms with Crippen LogP contribution in [0, 0.1) is 20.8 Å². The molecule has 0 amide bonds. The Morgan fingerprint density at radius 1 is 0.630 bits per heavy atom. The quantitative estimate of drug-likeness (QED) is 0.414. The molecule has 0 fully saturated rings. The largest absolute Gasteiger partial charge is 0.493 e. The zero-order valence-electron chi connectivity index (χ0n) is 18.2. The Kier molecular flexibility index (Phi) is 12.4. The van der Waals surface area contributed by atoms with Crippen molar-refractivity contribution >= 4 is 0 Å². The highest BCUT2D eigenvalue weighted by atomic mass is 16.5. The van der Waals surface area contributed by atoms with Crippen LogP contribution < -0.4 is 4.74 Å². The van der Waals surface area contributed by atoms with E-state index in [9.17, 15) is 0 Å². The topological polar surface area (TPSA) is 47.9 Å². The smallest absolute Gasteiger partial charge is 0.125 e. The van der Waals surface area contributed by atoms with Crippen molar-refractivity contribution in [3.63, 3.8) is 0 Å². The van der Waals surface area contributed by atoms with E-state index >= 15 is 0 Å². The first-order valence-corrected chi connectivity index (χ1v) is 10.4. The summed E-state index contributed by atoms with van der Waals surface area (Å²) in [4.78, 5) is 0. The molecule has 1 N–H and O–H groups in total. The predicted octanol–water partition coefficient (Wildman–Crippen LogP) is 5.40. The van der Waals surface area contributed by atoms with Crippen molar-refractivity contribution in [2.24, 2.45) is 0 Å². The molecule has 0 aromatic heterocycles. The third kappa shape index (κ3) is 7.81. The molecule has 0 aliphatic carbocycles. The van der Waals surface area contributed by atoms with Crippen molar-refractivity contribution < 1.29 is 19.3 Å². The molecule has 1 rings (SSSR count). The van der Waals surface area contributed by atoms with Crippen LogP contribution in [0.4, 0.5) is 0 Å². The summed E-state index contributed by atoms with van der Waals surface area (Å²) in [6.07, 6.45) is 9.45. The fraction of sp³-hybridized carbons (Fsp3) is 0.739. The summed E-state index contributed by atoms with van der Waals surface area (Å²) >= 11 is 0. The summed E-state index contributed by atoms with van der Waals surface area (Å²) in [5, 5.41) is 8.78. The average molecular weight is 381 g/mol. The Hall–Kier alpha value is -1.10. The summed E-state index contributed by atoms with van der Waals surface area (Å²) in [6, 6.07) is 0. The molecular formula is C23H40O4. The molecular weight excluding hydrogens is 340 g/mol. The van der Waals surface area contributed by atoms with Crippen LogP contribution in [0.3, 0.4) is 0 Å². The number of unbranched alkanes of at least 4 members (excludes halogenated alkanes) is 7. The van der Waals surface area contributed by atoms with Gasteiger partial charge in [-0.05, 0) is 61.4 Å². The standard InChI is InChI=1S/C23H40O4/c1-18-21(16-25-4)19(2)23(20(3)22(18)17-26-5)27-15-13-11-9-7-6-8-10-12-14-24/h24H,6-17H2,1-5H3. The van der Waals surface area contributed by atoms with Gasteiger partial charge in [-0.3, -0.25) is 0 Å². The minimum Gasteiger partial charge on any atom is -0.493 e. The Labute approximate surface area is 166 Å². The Balaban J connectivity index is 2.54. The summed E-state index contributed by atoms with van der Waals surface area (Å²) in [5.41, 5.74) is 6.06. The number of hydrogen-bond acceptors (Lipinski definition) is 4. The molecule has 156 valence electrons. The molecule has 0 aliphatic heterocycles. The van der Waals surface area contributed by atoms with Crippen molar-refractivity contribution in [2.75, 3.05) is 27.4 Å². The lowest BCUT2D eigenvalue weighted by molar-refractivity contribution is 0.177. The maximum atomic E-state index is 8.78. The lowest BCUT2D eigenvalue weighted by atomic mass is 9.92. The van der Waals surface area contributed by atoms with E-state index in [4.69, 9.17) is 19.3 Å². The van der Waals surface area contributed by atoms with Crippen LogP contribution >= 0.6 is 0 Å². The molecule has 0 unspecified atom stereocenters. The van der Waals surface area contributed by atoms with Crippen molar-refractivity contribution in [1.82, 2.24) is 0 Å². The molecule has 4 heteroatoms. The first kappa shape index (κ1) is 23.9. The second-order valence-corrected chi connectivity index (χ2v) is 7.43. The number of methoxy groups -OCH3 is 2. The second kappa shape index (κ2) is 14.0. The Bertz CT molecular complexity index is 507. The fourth-order valence-corrected chi connectivity index (χ4v) is 3.69. The van der Waals surface area contributed by atoms with Gasteiger partial charge in [-0.25, -0.2) is 0 Å². The molecule has 4 nitrogen and oxygen atoms in total. The van der Waals surface area contributed by atoms with Crippen LogP contribution in [0.25, 0.3) is 0 Å². The maximum Gasteiger partial charge on any atom is 0.125 e. The van der Waals surface area contributed by atoms with Crippen LogP contribution in [0.5, 0.6) is 5.75 Å². The zero-order valence-corrected chi connectivity index (χ0v) is 18.2. The van der Waals surface area contributed by atoms with E-state index in [2.05, 4.69) is 20.8 Å². The van der Waals surface area contributed by atoms with Crippen LogP contribution in [0.15, 0.2) is 0 Å². The molecule has 1 aromatic rings. The van der Waals surface area contributed by atoms with E-state index in [-0.39, 0.29) is 0 Å². The summed E-state index contributed by atoms with van der Waals surface area (Å²) in [5.74, 6) is 1.00. The normalized spacial score (nSPS) is 11.2. The van der Waals surface area contributed by atoms with Crippen LogP contribution in [-0.4, -0.2) is 32.5 Å². The highest BCUT2D eigenvalue weighted by Gasteiger charge is 2.18. The second-order valence-electron chi connectivity index (χ2n) is 7.43. The average Bonchev–Trinajstić information content (AvgIpc) is 2.66. The van der Waals surface area contributed by atoms with Crippen molar-refractivity contribution in [2.45, 2.75) is 85.4 Å². The molecule has 27 heavy (non-hydrogen) atoms. The van der Waals surface area contributed by atoms with Gasteiger partial charge in [0.05, 0.1) is 19.8 Å². The molecule has 0 aliphatic rings. The van der Waals surface area contributed by atoms with E-state index in [1.165, 1.54) is 59.9 Å². The predicted molar refractivity (Wildman–Crippen MR) is 112 cm³/mol.